The van der Waals surface area contributed by atoms with Gasteiger partial charge in [-0.25, -0.2) is 18.0 Å². The van der Waals surface area contributed by atoms with Crippen molar-refractivity contribution < 1.29 is 27.5 Å². The number of amides is 1. The molecule has 1 rings (SSSR count). The summed E-state index contributed by atoms with van der Waals surface area (Å²) in [5, 5.41) is 2.14. The number of nitrogens with one attached hydrogen (secondary N) is 1. The van der Waals surface area contributed by atoms with E-state index in [9.17, 15) is 22.8 Å². The van der Waals surface area contributed by atoms with Crippen molar-refractivity contribution in [3.63, 3.8) is 0 Å². The molecule has 1 aromatic rings. The van der Waals surface area contributed by atoms with Crippen molar-refractivity contribution in [3.8, 4) is 0 Å². The molecule has 0 fully saturated rings. The third-order valence-corrected chi connectivity index (χ3v) is 2.58. The molecule has 1 N–H and O–H groups in total. The molecule has 0 bridgehead atoms. The number of halogens is 3. The SMILES string of the molecule is C=C(C)C[C@H](NC(=O)c1c(F)cc(F)cc1F)C(=O)OC. The van der Waals surface area contributed by atoms with Gasteiger partial charge in [0.25, 0.3) is 5.91 Å². The van der Waals surface area contributed by atoms with E-state index in [1.807, 2.05) is 0 Å². The van der Waals surface area contributed by atoms with Gasteiger partial charge in [-0.05, 0) is 13.3 Å². The second kappa shape index (κ2) is 6.92. The van der Waals surface area contributed by atoms with Crippen LogP contribution in [0.4, 0.5) is 13.2 Å². The van der Waals surface area contributed by atoms with Gasteiger partial charge in [0.05, 0.1) is 7.11 Å². The molecule has 0 radical (unpaired) electrons. The number of esters is 1. The highest BCUT2D eigenvalue weighted by atomic mass is 19.1. The van der Waals surface area contributed by atoms with Gasteiger partial charge in [0.1, 0.15) is 29.1 Å². The largest absolute Gasteiger partial charge is 0.467 e. The van der Waals surface area contributed by atoms with Gasteiger partial charge in [-0.1, -0.05) is 5.57 Å². The summed E-state index contributed by atoms with van der Waals surface area (Å²) in [6, 6.07) is -0.378. The average molecular weight is 301 g/mol. The minimum absolute atomic E-state index is 0.0445. The summed E-state index contributed by atoms with van der Waals surface area (Å²) in [7, 11) is 1.11. The Balaban J connectivity index is 3.02. The van der Waals surface area contributed by atoms with Gasteiger partial charge in [-0.15, -0.1) is 6.58 Å². The van der Waals surface area contributed by atoms with Gasteiger partial charge < -0.3 is 10.1 Å². The smallest absolute Gasteiger partial charge is 0.328 e. The van der Waals surface area contributed by atoms with E-state index in [0.717, 1.165) is 7.11 Å². The molecule has 1 aromatic carbocycles. The summed E-state index contributed by atoms with van der Waals surface area (Å²) >= 11 is 0. The number of carbonyl (C=O) groups is 2. The predicted octanol–water partition coefficient (Wildman–Crippen LogP) is 2.34. The Kier molecular flexibility index (Phi) is 5.52. The Bertz CT molecular complexity index is 564. The van der Waals surface area contributed by atoms with Crippen molar-refractivity contribution in [2.24, 2.45) is 0 Å². The third-order valence-electron chi connectivity index (χ3n) is 2.58. The van der Waals surface area contributed by atoms with Gasteiger partial charge in [0.2, 0.25) is 0 Å². The molecular weight excluding hydrogens is 287 g/mol. The third kappa shape index (κ3) is 4.34. The topological polar surface area (TPSA) is 55.4 Å². The molecule has 114 valence electrons. The number of ether oxygens (including phenoxy) is 1. The van der Waals surface area contributed by atoms with Gasteiger partial charge in [-0.3, -0.25) is 4.79 Å². The monoisotopic (exact) mass is 301 g/mol. The first kappa shape index (κ1) is 16.7. The molecule has 0 aliphatic carbocycles. The normalized spacial score (nSPS) is 11.7. The van der Waals surface area contributed by atoms with Gasteiger partial charge >= 0.3 is 5.97 Å². The van der Waals surface area contributed by atoms with Gasteiger partial charge in [0, 0.05) is 12.1 Å². The van der Waals surface area contributed by atoms with E-state index in [4.69, 9.17) is 0 Å². The minimum Gasteiger partial charge on any atom is -0.467 e. The average Bonchev–Trinajstić information content (AvgIpc) is 2.35. The predicted molar refractivity (Wildman–Crippen MR) is 69.0 cm³/mol. The van der Waals surface area contributed by atoms with Crippen LogP contribution in [0.3, 0.4) is 0 Å². The van der Waals surface area contributed by atoms with Crippen molar-refractivity contribution in [2.45, 2.75) is 19.4 Å². The van der Waals surface area contributed by atoms with E-state index in [0.29, 0.717) is 17.7 Å². The van der Waals surface area contributed by atoms with Crippen LogP contribution in [-0.2, 0) is 9.53 Å². The van der Waals surface area contributed by atoms with Crippen LogP contribution in [-0.4, -0.2) is 25.0 Å². The van der Waals surface area contributed by atoms with Crippen LogP contribution in [0.1, 0.15) is 23.7 Å². The van der Waals surface area contributed by atoms with Crippen molar-refractivity contribution in [3.05, 3.63) is 47.3 Å². The fourth-order valence-corrected chi connectivity index (χ4v) is 1.67. The van der Waals surface area contributed by atoms with E-state index < -0.39 is 40.9 Å². The van der Waals surface area contributed by atoms with E-state index >= 15 is 0 Å². The zero-order valence-corrected chi connectivity index (χ0v) is 11.5. The fourth-order valence-electron chi connectivity index (χ4n) is 1.67. The van der Waals surface area contributed by atoms with Crippen molar-refractivity contribution in [1.82, 2.24) is 5.32 Å². The minimum atomic E-state index is -1.36. The number of hydrogen-bond donors (Lipinski definition) is 1. The molecule has 7 heteroatoms. The molecule has 1 amide bonds. The molecule has 0 heterocycles. The van der Waals surface area contributed by atoms with E-state index in [-0.39, 0.29) is 6.42 Å². The first-order valence-electron chi connectivity index (χ1n) is 5.93. The Labute approximate surface area is 119 Å². The Hall–Kier alpha value is -2.31. The molecule has 4 nitrogen and oxygen atoms in total. The van der Waals surface area contributed by atoms with Crippen LogP contribution in [0.2, 0.25) is 0 Å². The van der Waals surface area contributed by atoms with Crippen LogP contribution >= 0.6 is 0 Å². The van der Waals surface area contributed by atoms with E-state index in [1.165, 1.54) is 0 Å². The summed E-state index contributed by atoms with van der Waals surface area (Å²) < 4.78 is 44.2. The molecule has 0 unspecified atom stereocenters. The quantitative estimate of drug-likeness (QED) is 0.671. The standard InChI is InChI=1S/C14H14F3NO3/c1-7(2)4-11(14(20)21-3)18-13(19)12-9(16)5-8(15)6-10(12)17/h5-6,11H,1,4H2,2-3H3,(H,18,19)/t11-/m0/s1. The highest BCUT2D eigenvalue weighted by Crippen LogP contribution is 2.15. The lowest BCUT2D eigenvalue weighted by atomic mass is 10.1. The zero-order valence-electron chi connectivity index (χ0n) is 11.5. The van der Waals surface area contributed by atoms with Crippen LogP contribution in [0.5, 0.6) is 0 Å². The molecule has 0 aliphatic heterocycles. The second-order valence-corrected chi connectivity index (χ2v) is 4.45. The summed E-state index contributed by atoms with van der Waals surface area (Å²) in [5.41, 5.74) is -0.405. The number of rotatable bonds is 5. The molecule has 0 aromatic heterocycles. The molecule has 21 heavy (non-hydrogen) atoms. The number of carbonyl (C=O) groups excluding carboxylic acids is 2. The van der Waals surface area contributed by atoms with E-state index in [2.05, 4.69) is 16.6 Å². The van der Waals surface area contributed by atoms with Crippen LogP contribution in [0, 0.1) is 17.5 Å². The number of hydrogen-bond acceptors (Lipinski definition) is 3. The fraction of sp³-hybridized carbons (Fsp3) is 0.286. The lowest BCUT2D eigenvalue weighted by Crippen LogP contribution is -2.42. The molecule has 0 spiro atoms. The first-order valence-corrected chi connectivity index (χ1v) is 5.93. The van der Waals surface area contributed by atoms with Crippen molar-refractivity contribution in [2.75, 3.05) is 7.11 Å². The Morgan fingerprint density at radius 1 is 1.29 bits per heavy atom. The Morgan fingerprint density at radius 3 is 2.24 bits per heavy atom. The highest BCUT2D eigenvalue weighted by Gasteiger charge is 2.26. The summed E-state index contributed by atoms with van der Waals surface area (Å²) in [6.45, 7) is 5.19. The van der Waals surface area contributed by atoms with Crippen molar-refractivity contribution in [1.29, 1.82) is 0 Å². The van der Waals surface area contributed by atoms with Gasteiger partial charge in [0.15, 0.2) is 0 Å². The lowest BCUT2D eigenvalue weighted by Gasteiger charge is -2.17. The van der Waals surface area contributed by atoms with Crippen LogP contribution in [0.25, 0.3) is 0 Å². The Morgan fingerprint density at radius 2 is 1.81 bits per heavy atom. The molecular formula is C14H14F3NO3. The molecule has 1 atom stereocenters. The maximum atomic E-state index is 13.5. The van der Waals surface area contributed by atoms with Crippen molar-refractivity contribution >= 4 is 11.9 Å². The molecule has 0 saturated heterocycles. The summed E-state index contributed by atoms with van der Waals surface area (Å²) in [5.74, 6) is -5.82. The molecule has 0 aliphatic rings. The summed E-state index contributed by atoms with van der Waals surface area (Å²) in [6.07, 6.45) is 0.0445. The van der Waals surface area contributed by atoms with Gasteiger partial charge in [-0.2, -0.15) is 0 Å². The van der Waals surface area contributed by atoms with Crippen LogP contribution in [0.15, 0.2) is 24.3 Å². The van der Waals surface area contributed by atoms with E-state index in [1.54, 1.807) is 6.92 Å². The van der Waals surface area contributed by atoms with Crippen LogP contribution < -0.4 is 5.32 Å². The maximum Gasteiger partial charge on any atom is 0.328 e. The highest BCUT2D eigenvalue weighted by molar-refractivity contribution is 5.97. The zero-order chi connectivity index (χ0) is 16.2. The lowest BCUT2D eigenvalue weighted by molar-refractivity contribution is -0.142. The second-order valence-electron chi connectivity index (χ2n) is 4.45. The maximum absolute atomic E-state index is 13.5. The first-order chi connectivity index (χ1) is 9.76. The molecule has 0 saturated carbocycles. The summed E-state index contributed by atoms with van der Waals surface area (Å²) in [4.78, 5) is 23.4. The number of methoxy groups -OCH3 is 1. The number of benzene rings is 1.